The smallest absolute Gasteiger partial charge is 0.357 e. The minimum absolute atomic E-state index is 0.0691. The molecule has 0 saturated carbocycles. The average Bonchev–Trinajstić information content (AvgIpc) is 2.09. The Kier molecular flexibility index (Phi) is 3.72. The monoisotopic (exact) mass is 259 g/mol. The van der Waals surface area contributed by atoms with Crippen LogP contribution in [-0.2, 0) is 0 Å². The predicted octanol–water partition coefficient (Wildman–Crippen LogP) is 3.87. The highest BCUT2D eigenvalue weighted by atomic mass is 35.5. The second kappa shape index (κ2) is 4.49. The van der Waals surface area contributed by atoms with E-state index in [9.17, 15) is 17.6 Å². The lowest BCUT2D eigenvalue weighted by Gasteiger charge is -2.15. The van der Waals surface area contributed by atoms with Gasteiger partial charge in [0.05, 0.1) is 5.02 Å². The molecule has 0 aliphatic rings. The van der Waals surface area contributed by atoms with E-state index >= 15 is 0 Å². The first kappa shape index (κ1) is 12.4. The van der Waals surface area contributed by atoms with E-state index in [0.717, 1.165) is 0 Å². The number of nitrogens with two attached hydrogens (primary N) is 1. The van der Waals surface area contributed by atoms with Gasteiger partial charge in [0.2, 0.25) is 0 Å². The largest absolute Gasteiger partial charge is 0.399 e. The fraction of sp³-hybridized carbons (Fsp3) is 0.250. The zero-order chi connectivity index (χ0) is 11.6. The van der Waals surface area contributed by atoms with Crippen LogP contribution in [0.3, 0.4) is 0 Å². The quantitative estimate of drug-likeness (QED) is 0.507. The van der Waals surface area contributed by atoms with Gasteiger partial charge in [-0.1, -0.05) is 11.6 Å². The number of anilines is 1. The number of nitrogen functional groups attached to an aromatic ring is 1. The van der Waals surface area contributed by atoms with Crippen LogP contribution in [0.25, 0.3) is 0 Å². The standard InChI is InChI=1S/C8H6ClF4NS/c9-5-3-4(14)1-2-6(5)15-8(12,13)7(10)11/h1-3,7H,14H2. The van der Waals surface area contributed by atoms with Crippen LogP contribution in [0.5, 0.6) is 0 Å². The van der Waals surface area contributed by atoms with Gasteiger partial charge in [-0.25, -0.2) is 8.78 Å². The molecule has 84 valence electrons. The molecule has 2 N–H and O–H groups in total. The van der Waals surface area contributed by atoms with Gasteiger partial charge < -0.3 is 5.73 Å². The summed E-state index contributed by atoms with van der Waals surface area (Å²) in [5, 5.41) is -4.22. The summed E-state index contributed by atoms with van der Waals surface area (Å²) >= 11 is 5.28. The number of halogens is 5. The number of alkyl halides is 4. The van der Waals surface area contributed by atoms with Gasteiger partial charge in [0.15, 0.2) is 0 Å². The lowest BCUT2D eigenvalue weighted by Crippen LogP contribution is -2.21. The second-order valence-corrected chi connectivity index (χ2v) is 4.25. The second-order valence-electron chi connectivity index (χ2n) is 2.65. The summed E-state index contributed by atoms with van der Waals surface area (Å²) in [4.78, 5) is -0.129. The molecule has 0 radical (unpaired) electrons. The van der Waals surface area contributed by atoms with Crippen LogP contribution in [0.4, 0.5) is 23.2 Å². The Hall–Kier alpha value is -0.620. The van der Waals surface area contributed by atoms with E-state index in [0.29, 0.717) is 0 Å². The topological polar surface area (TPSA) is 26.0 Å². The van der Waals surface area contributed by atoms with E-state index in [1.807, 2.05) is 0 Å². The number of rotatable bonds is 3. The Morgan fingerprint density at radius 3 is 2.40 bits per heavy atom. The fourth-order valence-corrected chi connectivity index (χ4v) is 1.77. The third-order valence-corrected chi connectivity index (χ3v) is 2.91. The minimum atomic E-state index is -4.15. The summed E-state index contributed by atoms with van der Waals surface area (Å²) in [5.74, 6) is 0. The highest BCUT2D eigenvalue weighted by molar-refractivity contribution is 8.00. The summed E-state index contributed by atoms with van der Waals surface area (Å²) < 4.78 is 49.0. The molecule has 15 heavy (non-hydrogen) atoms. The molecule has 0 aliphatic carbocycles. The summed E-state index contributed by atoms with van der Waals surface area (Å²) in [6.45, 7) is 0. The molecule has 0 heterocycles. The molecule has 1 aromatic carbocycles. The van der Waals surface area contributed by atoms with Crippen LogP contribution in [0.15, 0.2) is 23.1 Å². The van der Waals surface area contributed by atoms with Crippen molar-refractivity contribution < 1.29 is 17.6 Å². The lowest BCUT2D eigenvalue weighted by molar-refractivity contribution is -0.0563. The number of thioether (sulfide) groups is 1. The van der Waals surface area contributed by atoms with Crippen LogP contribution in [0.2, 0.25) is 5.02 Å². The molecule has 0 unspecified atom stereocenters. The van der Waals surface area contributed by atoms with Crippen LogP contribution in [0.1, 0.15) is 0 Å². The van der Waals surface area contributed by atoms with Crippen LogP contribution < -0.4 is 5.73 Å². The van der Waals surface area contributed by atoms with E-state index < -0.39 is 11.7 Å². The van der Waals surface area contributed by atoms with Crippen LogP contribution in [-0.4, -0.2) is 11.7 Å². The molecule has 1 aromatic rings. The summed E-state index contributed by atoms with van der Waals surface area (Å²) in [5.41, 5.74) is 5.60. The Labute approximate surface area is 92.6 Å². The molecule has 0 amide bonds. The molecule has 0 saturated heterocycles. The van der Waals surface area contributed by atoms with Gasteiger partial charge in [0.1, 0.15) is 0 Å². The number of benzene rings is 1. The maximum atomic E-state index is 12.6. The lowest BCUT2D eigenvalue weighted by atomic mass is 10.3. The Balaban J connectivity index is 2.90. The van der Waals surface area contributed by atoms with Crippen molar-refractivity contribution in [2.45, 2.75) is 16.6 Å². The van der Waals surface area contributed by atoms with Crippen molar-refractivity contribution in [3.63, 3.8) is 0 Å². The Bertz CT molecular complexity index is 358. The maximum Gasteiger partial charge on any atom is 0.357 e. The molecule has 0 bridgehead atoms. The summed E-state index contributed by atoms with van der Waals surface area (Å²) in [6.07, 6.45) is -3.74. The molecule has 7 heteroatoms. The summed E-state index contributed by atoms with van der Waals surface area (Å²) in [6, 6.07) is 3.72. The van der Waals surface area contributed by atoms with Crippen molar-refractivity contribution in [2.24, 2.45) is 0 Å². The zero-order valence-electron chi connectivity index (χ0n) is 7.18. The van der Waals surface area contributed by atoms with Crippen molar-refractivity contribution in [3.05, 3.63) is 23.2 Å². The molecular formula is C8H6ClF4NS. The van der Waals surface area contributed by atoms with Gasteiger partial charge >= 0.3 is 11.7 Å². The van der Waals surface area contributed by atoms with Crippen molar-refractivity contribution in [1.29, 1.82) is 0 Å². The van der Waals surface area contributed by atoms with Gasteiger partial charge in [-0.3, -0.25) is 0 Å². The van der Waals surface area contributed by atoms with Gasteiger partial charge in [-0.15, -0.1) is 0 Å². The Morgan fingerprint density at radius 1 is 1.33 bits per heavy atom. The molecule has 0 atom stereocenters. The van der Waals surface area contributed by atoms with Crippen molar-refractivity contribution in [2.75, 3.05) is 5.73 Å². The molecular weight excluding hydrogens is 254 g/mol. The predicted molar refractivity (Wildman–Crippen MR) is 52.7 cm³/mol. The van der Waals surface area contributed by atoms with Gasteiger partial charge in [0, 0.05) is 10.6 Å². The maximum absolute atomic E-state index is 12.6. The first-order valence-corrected chi connectivity index (χ1v) is 4.92. The number of hydrogen-bond donors (Lipinski definition) is 1. The summed E-state index contributed by atoms with van der Waals surface area (Å²) in [7, 11) is 0. The molecule has 0 aliphatic heterocycles. The van der Waals surface area contributed by atoms with E-state index in [1.165, 1.54) is 18.2 Å². The highest BCUT2D eigenvalue weighted by Gasteiger charge is 2.42. The van der Waals surface area contributed by atoms with E-state index in [2.05, 4.69) is 0 Å². The first-order valence-electron chi connectivity index (χ1n) is 3.73. The SMILES string of the molecule is Nc1ccc(SC(F)(F)C(F)F)c(Cl)c1. The molecule has 0 fully saturated rings. The van der Waals surface area contributed by atoms with E-state index in [4.69, 9.17) is 17.3 Å². The molecule has 0 spiro atoms. The van der Waals surface area contributed by atoms with Gasteiger partial charge in [-0.2, -0.15) is 8.78 Å². The molecule has 1 nitrogen and oxygen atoms in total. The average molecular weight is 260 g/mol. The normalized spacial score (nSPS) is 12.1. The van der Waals surface area contributed by atoms with Crippen LogP contribution >= 0.6 is 23.4 Å². The minimum Gasteiger partial charge on any atom is -0.399 e. The van der Waals surface area contributed by atoms with Crippen LogP contribution in [0, 0.1) is 0 Å². The third kappa shape index (κ3) is 3.17. The molecule has 1 rings (SSSR count). The zero-order valence-corrected chi connectivity index (χ0v) is 8.76. The van der Waals surface area contributed by atoms with E-state index in [-0.39, 0.29) is 27.4 Å². The van der Waals surface area contributed by atoms with Gasteiger partial charge in [0.25, 0.3) is 0 Å². The number of hydrogen-bond acceptors (Lipinski definition) is 2. The van der Waals surface area contributed by atoms with Crippen molar-refractivity contribution >= 4 is 29.1 Å². The third-order valence-electron chi connectivity index (χ3n) is 1.46. The van der Waals surface area contributed by atoms with Crippen molar-refractivity contribution in [3.8, 4) is 0 Å². The first-order chi connectivity index (χ1) is 6.83. The Morgan fingerprint density at radius 2 is 1.93 bits per heavy atom. The van der Waals surface area contributed by atoms with E-state index in [1.54, 1.807) is 0 Å². The van der Waals surface area contributed by atoms with Gasteiger partial charge in [-0.05, 0) is 30.0 Å². The fourth-order valence-electron chi connectivity index (χ4n) is 0.791. The molecule has 0 aromatic heterocycles. The van der Waals surface area contributed by atoms with Crippen molar-refractivity contribution in [1.82, 2.24) is 0 Å². The highest BCUT2D eigenvalue weighted by Crippen LogP contribution is 2.43.